The number of thiophene rings is 2. The molecule has 1 saturated heterocycles. The van der Waals surface area contributed by atoms with Gasteiger partial charge in [-0.3, -0.25) is 19.0 Å². The maximum atomic E-state index is 12.6. The summed E-state index contributed by atoms with van der Waals surface area (Å²) >= 11 is 8.92. The smallest absolute Gasteiger partial charge is 0.261 e. The van der Waals surface area contributed by atoms with Crippen LogP contribution >= 0.6 is 34.3 Å². The lowest BCUT2D eigenvalue weighted by Gasteiger charge is -2.17. The van der Waals surface area contributed by atoms with Crippen LogP contribution in [0, 0.1) is 5.92 Å². The molecule has 9 heteroatoms. The lowest BCUT2D eigenvalue weighted by Crippen LogP contribution is -2.30. The molecule has 172 valence electrons. The van der Waals surface area contributed by atoms with Gasteiger partial charge in [-0.15, -0.1) is 22.7 Å². The highest BCUT2D eigenvalue weighted by Crippen LogP contribution is 2.35. The number of carbonyl (C=O) groups excluding carboxylic acids is 2. The summed E-state index contributed by atoms with van der Waals surface area (Å²) in [5.41, 5.74) is 1.41. The Bertz CT molecular complexity index is 1410. The minimum absolute atomic E-state index is 0.0249. The summed E-state index contributed by atoms with van der Waals surface area (Å²) in [4.78, 5) is 41.7. The molecule has 4 heterocycles. The number of benzene rings is 1. The Hall–Kier alpha value is -3.20. The van der Waals surface area contributed by atoms with Crippen molar-refractivity contribution >= 4 is 51.8 Å². The van der Waals surface area contributed by atoms with Crippen molar-refractivity contribution in [1.82, 2.24) is 9.88 Å². The van der Waals surface area contributed by atoms with Crippen molar-refractivity contribution in [3.8, 4) is 15.4 Å². The van der Waals surface area contributed by atoms with E-state index in [4.69, 9.17) is 11.6 Å². The van der Waals surface area contributed by atoms with E-state index >= 15 is 0 Å². The lowest BCUT2D eigenvalue weighted by atomic mass is 10.1. The molecule has 1 unspecified atom stereocenters. The van der Waals surface area contributed by atoms with Crippen LogP contribution in [0.1, 0.15) is 16.1 Å². The van der Waals surface area contributed by atoms with Gasteiger partial charge >= 0.3 is 0 Å². The Balaban J connectivity index is 1.19. The molecule has 0 radical (unpaired) electrons. The molecule has 0 spiro atoms. The van der Waals surface area contributed by atoms with Crippen molar-refractivity contribution in [1.29, 1.82) is 0 Å². The van der Waals surface area contributed by atoms with Crippen molar-refractivity contribution in [3.63, 3.8) is 0 Å². The average Bonchev–Trinajstić information content (AvgIpc) is 3.58. The SMILES string of the molecule is O=C(NCC1CC(=O)N(c2ccc(-n3ccccc3=O)cc2)C1)c1ccc(-c2ccc(Cl)s2)s1. The first-order valence-corrected chi connectivity index (χ1v) is 12.7. The topological polar surface area (TPSA) is 71.4 Å². The molecule has 4 aromatic rings. The van der Waals surface area contributed by atoms with Crippen LogP contribution in [0.2, 0.25) is 4.34 Å². The Morgan fingerprint density at radius 2 is 1.68 bits per heavy atom. The normalized spacial score (nSPS) is 15.6. The van der Waals surface area contributed by atoms with Gasteiger partial charge in [-0.2, -0.15) is 0 Å². The van der Waals surface area contributed by atoms with E-state index in [2.05, 4.69) is 5.32 Å². The van der Waals surface area contributed by atoms with Crippen molar-refractivity contribution in [2.45, 2.75) is 6.42 Å². The molecule has 0 bridgehead atoms. The molecule has 2 amide bonds. The zero-order valence-corrected chi connectivity index (χ0v) is 20.3. The van der Waals surface area contributed by atoms with Crippen LogP contribution in [-0.4, -0.2) is 29.5 Å². The number of aromatic nitrogens is 1. The van der Waals surface area contributed by atoms with Crippen LogP contribution in [0.25, 0.3) is 15.4 Å². The fourth-order valence-corrected chi connectivity index (χ4v) is 6.02. The number of nitrogens with one attached hydrogen (secondary N) is 1. The highest BCUT2D eigenvalue weighted by Gasteiger charge is 2.31. The second-order valence-electron chi connectivity index (χ2n) is 7.98. The van der Waals surface area contributed by atoms with E-state index in [1.807, 2.05) is 48.5 Å². The summed E-state index contributed by atoms with van der Waals surface area (Å²) in [5, 5.41) is 2.97. The molecule has 1 aliphatic heterocycles. The third-order valence-corrected chi connectivity index (χ3v) is 8.18. The molecule has 6 nitrogen and oxygen atoms in total. The fourth-order valence-electron chi connectivity index (χ4n) is 3.96. The Morgan fingerprint density at radius 1 is 0.941 bits per heavy atom. The van der Waals surface area contributed by atoms with Crippen LogP contribution in [0.3, 0.4) is 0 Å². The maximum absolute atomic E-state index is 12.6. The predicted molar refractivity (Wildman–Crippen MR) is 137 cm³/mol. The number of halogens is 1. The molecule has 0 saturated carbocycles. The Kier molecular flexibility index (Phi) is 6.36. The Labute approximate surface area is 209 Å². The first-order valence-electron chi connectivity index (χ1n) is 10.7. The lowest BCUT2D eigenvalue weighted by molar-refractivity contribution is -0.117. The molecule has 0 aliphatic carbocycles. The summed E-state index contributed by atoms with van der Waals surface area (Å²) in [5.74, 6) is -0.0808. The van der Waals surface area contributed by atoms with Gasteiger partial charge in [0.2, 0.25) is 5.91 Å². The maximum Gasteiger partial charge on any atom is 0.261 e. The highest BCUT2D eigenvalue weighted by atomic mass is 35.5. The summed E-state index contributed by atoms with van der Waals surface area (Å²) < 4.78 is 2.27. The third-order valence-electron chi connectivity index (χ3n) is 5.66. The molecule has 1 aromatic carbocycles. The van der Waals surface area contributed by atoms with E-state index in [0.717, 1.165) is 21.1 Å². The van der Waals surface area contributed by atoms with Crippen molar-refractivity contribution in [2.75, 3.05) is 18.0 Å². The largest absolute Gasteiger partial charge is 0.351 e. The predicted octanol–water partition coefficient (Wildman–Crippen LogP) is 5.06. The van der Waals surface area contributed by atoms with Gasteiger partial charge in [-0.1, -0.05) is 17.7 Å². The summed E-state index contributed by atoms with van der Waals surface area (Å²) in [6.07, 6.45) is 2.09. The average molecular weight is 510 g/mol. The Morgan fingerprint density at radius 3 is 2.41 bits per heavy atom. The number of rotatable bonds is 6. The van der Waals surface area contributed by atoms with E-state index in [1.165, 1.54) is 28.7 Å². The van der Waals surface area contributed by atoms with E-state index in [-0.39, 0.29) is 23.3 Å². The van der Waals surface area contributed by atoms with Gasteiger partial charge in [-0.25, -0.2) is 0 Å². The molecular formula is C25H20ClN3O3S2. The van der Waals surface area contributed by atoms with Crippen molar-refractivity contribution in [3.05, 3.63) is 92.5 Å². The number of hydrogen-bond donors (Lipinski definition) is 1. The minimum atomic E-state index is -0.137. The van der Waals surface area contributed by atoms with Gasteiger partial charge in [0.05, 0.1) is 9.21 Å². The minimum Gasteiger partial charge on any atom is -0.351 e. The number of pyridine rings is 1. The van der Waals surface area contributed by atoms with Gasteiger partial charge in [0.15, 0.2) is 0 Å². The number of carbonyl (C=O) groups is 2. The second kappa shape index (κ2) is 9.58. The number of amides is 2. The van der Waals surface area contributed by atoms with E-state index < -0.39 is 0 Å². The number of nitrogens with zero attached hydrogens (tertiary/aromatic N) is 2. The van der Waals surface area contributed by atoms with Crippen LogP contribution < -0.4 is 15.8 Å². The van der Waals surface area contributed by atoms with Gasteiger partial charge in [0.25, 0.3) is 11.5 Å². The summed E-state index contributed by atoms with van der Waals surface area (Å²) in [6, 6.07) is 19.9. The first kappa shape index (κ1) is 22.6. The van der Waals surface area contributed by atoms with Gasteiger partial charge in [-0.05, 0) is 54.6 Å². The first-order chi connectivity index (χ1) is 16.5. The summed E-state index contributed by atoms with van der Waals surface area (Å²) in [6.45, 7) is 0.962. The second-order valence-corrected chi connectivity index (χ2v) is 10.8. The van der Waals surface area contributed by atoms with Gasteiger partial charge < -0.3 is 10.2 Å². The molecule has 1 fully saturated rings. The van der Waals surface area contributed by atoms with Crippen molar-refractivity contribution < 1.29 is 9.59 Å². The zero-order valence-electron chi connectivity index (χ0n) is 17.9. The van der Waals surface area contributed by atoms with Crippen LogP contribution in [0.15, 0.2) is 77.7 Å². The molecule has 1 atom stereocenters. The summed E-state index contributed by atoms with van der Waals surface area (Å²) in [7, 11) is 0. The molecule has 1 aliphatic rings. The fraction of sp³-hybridized carbons (Fsp3) is 0.160. The molecule has 34 heavy (non-hydrogen) atoms. The number of anilines is 1. The quantitative estimate of drug-likeness (QED) is 0.395. The molecule has 1 N–H and O–H groups in total. The third kappa shape index (κ3) is 4.70. The van der Waals surface area contributed by atoms with Gasteiger partial charge in [0, 0.05) is 58.8 Å². The standard InChI is InChI=1S/C25H20ClN3O3S2/c26-22-11-10-20(34-22)19-8-9-21(33-19)25(32)27-14-16-13-24(31)29(15-16)18-6-4-17(5-7-18)28-12-2-1-3-23(28)30/h1-12,16H,13-15H2,(H,27,32). The van der Waals surface area contributed by atoms with Crippen LogP contribution in [0.4, 0.5) is 5.69 Å². The van der Waals surface area contributed by atoms with E-state index in [9.17, 15) is 14.4 Å². The van der Waals surface area contributed by atoms with Crippen LogP contribution in [-0.2, 0) is 4.79 Å². The molecule has 3 aromatic heterocycles. The van der Waals surface area contributed by atoms with E-state index in [0.29, 0.717) is 28.7 Å². The zero-order chi connectivity index (χ0) is 23.7. The van der Waals surface area contributed by atoms with E-state index in [1.54, 1.807) is 27.8 Å². The molecule has 5 rings (SSSR count). The van der Waals surface area contributed by atoms with Crippen molar-refractivity contribution in [2.24, 2.45) is 5.92 Å². The van der Waals surface area contributed by atoms with Crippen LogP contribution in [0.5, 0.6) is 0 Å². The highest BCUT2D eigenvalue weighted by molar-refractivity contribution is 7.24. The van der Waals surface area contributed by atoms with Gasteiger partial charge in [0.1, 0.15) is 0 Å². The molecular weight excluding hydrogens is 490 g/mol. The number of hydrogen-bond acceptors (Lipinski definition) is 5. The monoisotopic (exact) mass is 509 g/mol.